The number of likely N-dealkylation sites (N-methyl/N-ethyl adjacent to an activating group) is 1. The lowest BCUT2D eigenvalue weighted by Gasteiger charge is -2.39. The first kappa shape index (κ1) is 46.2. The van der Waals surface area contributed by atoms with E-state index >= 15 is 0 Å². The Morgan fingerprint density at radius 1 is 0.908 bits per heavy atom. The molecule has 0 bridgehead atoms. The number of carbonyl (C=O) groups is 3. The van der Waals surface area contributed by atoms with Crippen molar-refractivity contribution in [2.45, 2.75) is 76.6 Å². The Morgan fingerprint density at radius 2 is 1.63 bits per heavy atom. The summed E-state index contributed by atoms with van der Waals surface area (Å²) in [5, 5.41) is 12.3. The van der Waals surface area contributed by atoms with E-state index in [9.17, 15) is 23.2 Å². The Bertz CT molecular complexity index is 2420. The van der Waals surface area contributed by atoms with Crippen LogP contribution in [0.1, 0.15) is 68.1 Å². The fraction of sp³-hybridized carbons (Fsp3) is 0.543. The Hall–Kier alpha value is -5.37. The summed E-state index contributed by atoms with van der Waals surface area (Å²) in [5.74, 6) is -0.794. The molecule has 0 spiro atoms. The van der Waals surface area contributed by atoms with E-state index in [2.05, 4.69) is 25.7 Å². The van der Waals surface area contributed by atoms with Crippen molar-refractivity contribution in [3.05, 3.63) is 65.0 Å². The van der Waals surface area contributed by atoms with Crippen LogP contribution < -0.4 is 24.8 Å². The fourth-order valence-electron chi connectivity index (χ4n) is 8.99. The normalized spacial score (nSPS) is 17.7. The Balaban J connectivity index is 0.800. The Morgan fingerprint density at radius 3 is 2.38 bits per heavy atom. The minimum absolute atomic E-state index is 0.0118. The van der Waals surface area contributed by atoms with Crippen LogP contribution in [-0.4, -0.2) is 138 Å². The summed E-state index contributed by atoms with van der Waals surface area (Å²) >= 11 is 1.64. The van der Waals surface area contributed by atoms with Crippen molar-refractivity contribution < 1.29 is 46.6 Å². The van der Waals surface area contributed by atoms with Crippen LogP contribution in [0.4, 0.5) is 8.78 Å². The lowest BCUT2D eigenvalue weighted by Crippen LogP contribution is -2.59. The third-order valence-corrected chi connectivity index (χ3v) is 13.7. The molecule has 1 aromatic carbocycles. The van der Waals surface area contributed by atoms with Gasteiger partial charge in [0.15, 0.2) is 28.8 Å². The number of nitrogens with zero attached hydrogens (tertiary/aromatic N) is 6. The van der Waals surface area contributed by atoms with Gasteiger partial charge in [0.1, 0.15) is 31.1 Å². The molecule has 2 N–H and O–H groups in total. The summed E-state index contributed by atoms with van der Waals surface area (Å²) in [7, 11) is 3.31. The van der Waals surface area contributed by atoms with Crippen LogP contribution >= 0.6 is 11.3 Å². The highest BCUT2D eigenvalue weighted by molar-refractivity contribution is 7.17. The number of halogens is 2. The van der Waals surface area contributed by atoms with Gasteiger partial charge in [-0.3, -0.25) is 24.3 Å². The standard InChI is InChI=1S/C46H58F2N8O8S/c1-29(49-2)44(57)51-40(30-7-5-4-6-8-30)45(58)55-16-18-56(19-17-55)46(59)41-42(33-26-34(47)35(48)27-37(33)53(41)3)62-23-21-60-20-22-61-39-25-32(64-52-39)28-54-14-10-31(11-15-54)63-38-9-13-50-36-12-24-65-43(36)38/h9,12-13,24-27,29-31,40,49H,4-8,10-11,14-23,28H2,1-3H3,(H,51,57)/t29-,40-/m0/s1. The van der Waals surface area contributed by atoms with Crippen LogP contribution in [0, 0.1) is 17.6 Å². The molecule has 350 valence electrons. The molecule has 2 aliphatic heterocycles. The van der Waals surface area contributed by atoms with E-state index in [4.69, 9.17) is 23.5 Å². The average Bonchev–Trinajstić information content (AvgIpc) is 4.06. The van der Waals surface area contributed by atoms with Gasteiger partial charge in [0.25, 0.3) is 11.8 Å². The van der Waals surface area contributed by atoms with Gasteiger partial charge in [0, 0.05) is 70.0 Å². The molecule has 0 unspecified atom stereocenters. The molecule has 8 rings (SSSR count). The molecular weight excluding hydrogens is 863 g/mol. The van der Waals surface area contributed by atoms with Gasteiger partial charge < -0.3 is 48.5 Å². The lowest BCUT2D eigenvalue weighted by atomic mass is 9.83. The highest BCUT2D eigenvalue weighted by Gasteiger charge is 2.37. The number of nitrogens with one attached hydrogen (secondary N) is 2. The van der Waals surface area contributed by atoms with Crippen LogP contribution in [-0.2, 0) is 27.9 Å². The number of pyridine rings is 1. The number of hydrogen-bond acceptors (Lipinski definition) is 13. The third kappa shape index (κ3) is 10.9. The lowest BCUT2D eigenvalue weighted by molar-refractivity contribution is -0.140. The number of thiophene rings is 1. The van der Waals surface area contributed by atoms with Crippen molar-refractivity contribution in [1.29, 1.82) is 0 Å². The van der Waals surface area contributed by atoms with Crippen LogP contribution in [0.25, 0.3) is 21.1 Å². The molecule has 1 saturated carbocycles. The maximum absolute atomic E-state index is 14.6. The number of ether oxygens (including phenoxy) is 4. The van der Waals surface area contributed by atoms with Gasteiger partial charge in [-0.05, 0) is 74.3 Å². The number of fused-ring (bicyclic) bond motifs is 2. The molecule has 6 heterocycles. The Labute approximate surface area is 380 Å². The van der Waals surface area contributed by atoms with Gasteiger partial charge in [-0.2, -0.15) is 0 Å². The third-order valence-electron chi connectivity index (χ3n) is 12.8. The zero-order valence-corrected chi connectivity index (χ0v) is 38.0. The highest BCUT2D eigenvalue weighted by Crippen LogP contribution is 2.36. The summed E-state index contributed by atoms with van der Waals surface area (Å²) in [6.07, 6.45) is 8.56. The van der Waals surface area contributed by atoms with E-state index in [1.165, 1.54) is 4.57 Å². The summed E-state index contributed by atoms with van der Waals surface area (Å²) in [6, 6.07) is 6.69. The number of carbonyl (C=O) groups excluding carboxylic acids is 3. The van der Waals surface area contributed by atoms with E-state index in [0.717, 1.165) is 86.1 Å². The summed E-state index contributed by atoms with van der Waals surface area (Å²) in [6.45, 7) is 5.59. The van der Waals surface area contributed by atoms with Crippen molar-refractivity contribution in [2.24, 2.45) is 13.0 Å². The number of likely N-dealkylation sites (tertiary alicyclic amines) is 1. The van der Waals surface area contributed by atoms with Crippen molar-refractivity contribution in [1.82, 2.24) is 40.0 Å². The molecule has 19 heteroatoms. The van der Waals surface area contributed by atoms with E-state index in [0.29, 0.717) is 23.7 Å². The van der Waals surface area contributed by atoms with E-state index in [1.807, 2.05) is 17.5 Å². The predicted molar refractivity (Wildman–Crippen MR) is 239 cm³/mol. The van der Waals surface area contributed by atoms with Gasteiger partial charge in [-0.15, -0.1) is 11.3 Å². The maximum Gasteiger partial charge on any atom is 0.274 e. The smallest absolute Gasteiger partial charge is 0.274 e. The second kappa shape index (κ2) is 21.3. The molecule has 3 fully saturated rings. The van der Waals surface area contributed by atoms with Crippen molar-refractivity contribution in [2.75, 3.05) is 72.7 Å². The first-order valence-corrected chi connectivity index (χ1v) is 23.5. The van der Waals surface area contributed by atoms with E-state index in [1.54, 1.807) is 54.4 Å². The average molecular weight is 921 g/mol. The molecule has 3 aliphatic rings. The summed E-state index contributed by atoms with van der Waals surface area (Å²) in [5.41, 5.74) is 1.37. The number of amides is 3. The molecule has 3 amide bonds. The molecule has 2 atom stereocenters. The quantitative estimate of drug-likeness (QED) is 0.106. The first-order chi connectivity index (χ1) is 31.6. The van der Waals surface area contributed by atoms with Gasteiger partial charge in [0.05, 0.1) is 41.5 Å². The van der Waals surface area contributed by atoms with E-state index < -0.39 is 29.6 Å². The van der Waals surface area contributed by atoms with Crippen LogP contribution in [0.15, 0.2) is 46.4 Å². The monoisotopic (exact) mass is 920 g/mol. The molecule has 0 radical (unpaired) electrons. The van der Waals surface area contributed by atoms with Gasteiger partial charge in [-0.1, -0.05) is 19.3 Å². The van der Waals surface area contributed by atoms with Crippen molar-refractivity contribution in [3.8, 4) is 17.4 Å². The van der Waals surface area contributed by atoms with Crippen LogP contribution in [0.5, 0.6) is 17.4 Å². The molecule has 65 heavy (non-hydrogen) atoms. The van der Waals surface area contributed by atoms with Crippen molar-refractivity contribution in [3.63, 3.8) is 0 Å². The number of rotatable bonds is 18. The second-order valence-corrected chi connectivity index (χ2v) is 17.9. The number of aryl methyl sites for hydroxylation is 1. The number of piperazine rings is 1. The topological polar surface area (TPSA) is 166 Å². The minimum Gasteiger partial charge on any atom is -0.489 e. The van der Waals surface area contributed by atoms with Gasteiger partial charge in [-0.25, -0.2) is 8.78 Å². The number of benzene rings is 1. The molecule has 5 aromatic rings. The molecular formula is C46H58F2N8O8S. The highest BCUT2D eigenvalue weighted by atomic mass is 32.1. The Kier molecular flexibility index (Phi) is 15.1. The predicted octanol–water partition coefficient (Wildman–Crippen LogP) is 5.53. The fourth-order valence-corrected chi connectivity index (χ4v) is 9.80. The molecule has 1 aliphatic carbocycles. The van der Waals surface area contributed by atoms with Gasteiger partial charge in [0.2, 0.25) is 11.8 Å². The maximum atomic E-state index is 14.6. The number of hydrogen-bond donors (Lipinski definition) is 2. The van der Waals surface area contributed by atoms with Crippen LogP contribution in [0.3, 0.4) is 0 Å². The molecule has 16 nitrogen and oxygen atoms in total. The zero-order chi connectivity index (χ0) is 45.5. The molecule has 2 saturated heterocycles. The minimum atomic E-state index is -1.07. The molecule has 4 aromatic heterocycles. The van der Waals surface area contributed by atoms with E-state index in [-0.39, 0.29) is 93.3 Å². The zero-order valence-electron chi connectivity index (χ0n) is 37.2. The number of piperidine rings is 1. The largest absolute Gasteiger partial charge is 0.489 e. The van der Waals surface area contributed by atoms with Gasteiger partial charge >= 0.3 is 0 Å². The number of aromatic nitrogens is 3. The first-order valence-electron chi connectivity index (χ1n) is 22.6. The summed E-state index contributed by atoms with van der Waals surface area (Å²) < 4.78 is 61.2. The SMILES string of the molecule is CN[C@@H](C)C(=O)N[C@H](C(=O)N1CCN(C(=O)c2c(OCCOCCOc3cc(CN4CCC(Oc5ccnc6ccsc56)CC4)on3)c3cc(F)c(F)cc3n2C)CC1)C1CCCCC1. The second-order valence-electron chi connectivity index (χ2n) is 17.0. The van der Waals surface area contributed by atoms with Crippen molar-refractivity contribution >= 4 is 50.2 Å². The summed E-state index contributed by atoms with van der Waals surface area (Å²) in [4.78, 5) is 51.1. The van der Waals surface area contributed by atoms with Crippen LogP contribution in [0.2, 0.25) is 0 Å².